The predicted octanol–water partition coefficient (Wildman–Crippen LogP) is 4.60. The summed E-state index contributed by atoms with van der Waals surface area (Å²) >= 11 is 0. The minimum absolute atomic E-state index is 0.0441. The molecule has 0 spiro atoms. The Morgan fingerprint density at radius 3 is 2.23 bits per heavy atom. The van der Waals surface area contributed by atoms with E-state index in [1.807, 2.05) is 30.3 Å². The third-order valence-electron chi connectivity index (χ3n) is 5.84. The van der Waals surface area contributed by atoms with E-state index in [0.717, 1.165) is 11.6 Å². The molecule has 3 atom stereocenters. The van der Waals surface area contributed by atoms with Crippen LogP contribution in [0.3, 0.4) is 0 Å². The molecule has 3 unspecified atom stereocenters. The van der Waals surface area contributed by atoms with E-state index in [2.05, 4.69) is 27.0 Å². The van der Waals surface area contributed by atoms with E-state index in [9.17, 15) is 29.4 Å². The number of ether oxygens (including phenoxy) is 1. The zero-order valence-corrected chi connectivity index (χ0v) is 20.8. The van der Waals surface area contributed by atoms with Crippen LogP contribution in [0.15, 0.2) is 117 Å². The number of rotatable bonds is 8. The predicted molar refractivity (Wildman–Crippen MR) is 140 cm³/mol. The number of nitrogens with zero attached hydrogens (tertiary/aromatic N) is 4. The highest BCUT2D eigenvalue weighted by Crippen LogP contribution is 2.43. The van der Waals surface area contributed by atoms with Crippen LogP contribution in [0.25, 0.3) is 5.70 Å². The summed E-state index contributed by atoms with van der Waals surface area (Å²) in [4.78, 5) is 45.9. The first-order valence-corrected chi connectivity index (χ1v) is 11.6. The molecule has 0 bridgehead atoms. The van der Waals surface area contributed by atoms with Crippen molar-refractivity contribution in [3.05, 3.63) is 102 Å². The van der Waals surface area contributed by atoms with Crippen LogP contribution >= 0.6 is 0 Å². The Labute approximate surface area is 223 Å². The number of carboxylic acid groups (broad SMARTS) is 2. The summed E-state index contributed by atoms with van der Waals surface area (Å²) in [5.41, 5.74) is -0.499. The van der Waals surface area contributed by atoms with E-state index in [0.29, 0.717) is 11.4 Å². The standard InChI is InChI=1S/C19H18N2O6.C9H6N2O/c1-3-9-27-16-12(11-22)10-14(17(23)24)15(19(16,2)18(25)26)21-20-13-7-5-4-6-8-13;12-9-6-8(10-11-9)7-4-2-1-3-5-7/h3-8,10,15-16H,1,9H2,2H3,(H,23,24)(H,25,26);1-6H. The highest BCUT2D eigenvalue weighted by molar-refractivity contribution is 5.98. The van der Waals surface area contributed by atoms with Crippen LogP contribution in [0.2, 0.25) is 0 Å². The molecule has 1 amide bonds. The molecule has 198 valence electrons. The summed E-state index contributed by atoms with van der Waals surface area (Å²) in [5.74, 6) is -1.49. The van der Waals surface area contributed by atoms with Gasteiger partial charge in [0.25, 0.3) is 5.91 Å². The molecular formula is C28H24N4O7. The van der Waals surface area contributed by atoms with Gasteiger partial charge < -0.3 is 14.9 Å². The lowest BCUT2D eigenvalue weighted by Crippen LogP contribution is -2.54. The van der Waals surface area contributed by atoms with E-state index >= 15 is 0 Å². The van der Waals surface area contributed by atoms with Crippen LogP contribution in [0.1, 0.15) is 12.5 Å². The molecule has 0 aromatic heterocycles. The summed E-state index contributed by atoms with van der Waals surface area (Å²) in [7, 11) is 0. The van der Waals surface area contributed by atoms with Gasteiger partial charge in [0, 0.05) is 11.6 Å². The lowest BCUT2D eigenvalue weighted by molar-refractivity contribution is -0.157. The monoisotopic (exact) mass is 528 g/mol. The van der Waals surface area contributed by atoms with Gasteiger partial charge >= 0.3 is 11.9 Å². The summed E-state index contributed by atoms with van der Waals surface area (Å²) in [6.07, 6.45) is 2.59. The molecule has 1 heterocycles. The normalized spacial score (nSPS) is 21.9. The van der Waals surface area contributed by atoms with Crippen LogP contribution in [0.4, 0.5) is 5.69 Å². The van der Waals surface area contributed by atoms with Gasteiger partial charge in [-0.15, -0.1) is 16.8 Å². The van der Waals surface area contributed by atoms with Crippen LogP contribution in [-0.4, -0.2) is 52.8 Å². The second kappa shape index (κ2) is 12.9. The van der Waals surface area contributed by atoms with Crippen molar-refractivity contribution in [1.82, 2.24) is 0 Å². The number of hydrogen-bond acceptors (Lipinski definition) is 8. The maximum Gasteiger partial charge on any atom is 0.333 e. The van der Waals surface area contributed by atoms with Gasteiger partial charge in [-0.3, -0.25) is 9.59 Å². The first-order chi connectivity index (χ1) is 18.7. The number of carbonyl (C=O) groups is 3. The maximum absolute atomic E-state index is 12.1. The van der Waals surface area contributed by atoms with Crippen molar-refractivity contribution in [2.75, 3.05) is 6.61 Å². The minimum Gasteiger partial charge on any atom is -0.481 e. The van der Waals surface area contributed by atoms with E-state index in [1.165, 1.54) is 19.1 Å². The number of carboxylic acids is 2. The van der Waals surface area contributed by atoms with Gasteiger partial charge in [-0.25, -0.2) is 9.59 Å². The molecule has 11 nitrogen and oxygen atoms in total. The minimum atomic E-state index is -1.89. The Hall–Kier alpha value is -5.12. The van der Waals surface area contributed by atoms with Crippen LogP contribution in [0, 0.1) is 5.41 Å². The first-order valence-electron chi connectivity index (χ1n) is 11.6. The molecule has 1 aliphatic heterocycles. The lowest BCUT2D eigenvalue weighted by atomic mass is 9.68. The van der Waals surface area contributed by atoms with Crippen molar-refractivity contribution in [2.24, 2.45) is 25.9 Å². The van der Waals surface area contributed by atoms with Crippen LogP contribution in [0.5, 0.6) is 0 Å². The molecular weight excluding hydrogens is 504 g/mol. The Kier molecular flexibility index (Phi) is 9.42. The average molecular weight is 529 g/mol. The zero-order chi connectivity index (χ0) is 28.4. The highest BCUT2D eigenvalue weighted by atomic mass is 16.5. The van der Waals surface area contributed by atoms with Crippen molar-refractivity contribution < 1.29 is 34.1 Å². The Bertz CT molecular complexity index is 1420. The largest absolute Gasteiger partial charge is 0.481 e. The molecule has 0 fully saturated rings. The fourth-order valence-electron chi connectivity index (χ4n) is 3.86. The smallest absolute Gasteiger partial charge is 0.333 e. The fraction of sp³-hybridized carbons (Fsp3) is 0.179. The van der Waals surface area contributed by atoms with Crippen LogP contribution in [-0.2, 0) is 23.9 Å². The van der Waals surface area contributed by atoms with Crippen molar-refractivity contribution in [3.8, 4) is 0 Å². The molecule has 0 saturated carbocycles. The molecule has 0 radical (unpaired) electrons. The summed E-state index contributed by atoms with van der Waals surface area (Å²) in [6.45, 7) is 4.72. The van der Waals surface area contributed by atoms with E-state index in [-0.39, 0.29) is 23.7 Å². The Morgan fingerprint density at radius 2 is 1.72 bits per heavy atom. The molecule has 0 saturated heterocycles. The second-order valence-electron chi connectivity index (χ2n) is 8.44. The number of benzene rings is 2. The van der Waals surface area contributed by atoms with E-state index in [4.69, 9.17) is 4.74 Å². The van der Waals surface area contributed by atoms with Crippen molar-refractivity contribution >= 4 is 35.2 Å². The third-order valence-corrected chi connectivity index (χ3v) is 5.84. The van der Waals surface area contributed by atoms with Crippen molar-refractivity contribution in [2.45, 2.75) is 19.1 Å². The Morgan fingerprint density at radius 1 is 1.08 bits per heavy atom. The maximum atomic E-state index is 12.1. The fourth-order valence-corrected chi connectivity index (χ4v) is 3.86. The van der Waals surface area contributed by atoms with Gasteiger partial charge in [-0.1, -0.05) is 54.6 Å². The summed E-state index contributed by atoms with van der Waals surface area (Å²) in [6, 6.07) is 16.6. The van der Waals surface area contributed by atoms with Crippen molar-refractivity contribution in [1.29, 1.82) is 0 Å². The highest BCUT2D eigenvalue weighted by Gasteiger charge is 2.56. The number of aliphatic carboxylic acids is 2. The van der Waals surface area contributed by atoms with Gasteiger partial charge in [0.1, 0.15) is 23.5 Å². The van der Waals surface area contributed by atoms with E-state index < -0.39 is 29.5 Å². The first kappa shape index (κ1) is 28.5. The number of azo groups is 2. The SMILES string of the molecule is C=CCOC1C(=C=O)C=C(C(=O)O)C(N=Nc2ccccc2)C1(C)C(=O)O.O=C1C=C(c2ccccc2)N=N1. The third kappa shape index (κ3) is 6.61. The second-order valence-corrected chi connectivity index (χ2v) is 8.44. The van der Waals surface area contributed by atoms with Gasteiger partial charge in [-0.2, -0.15) is 10.2 Å². The molecule has 2 aliphatic rings. The zero-order valence-electron chi connectivity index (χ0n) is 20.8. The topological polar surface area (TPSA) is 167 Å². The van der Waals surface area contributed by atoms with Gasteiger partial charge in [0.05, 0.1) is 29.1 Å². The average Bonchev–Trinajstić information content (AvgIpc) is 3.38. The summed E-state index contributed by atoms with van der Waals surface area (Å²) in [5, 5.41) is 34.5. The summed E-state index contributed by atoms with van der Waals surface area (Å²) < 4.78 is 5.49. The molecule has 2 aromatic carbocycles. The number of amides is 1. The number of hydrogen-bond donors (Lipinski definition) is 2. The van der Waals surface area contributed by atoms with E-state index in [1.54, 1.807) is 36.3 Å². The van der Waals surface area contributed by atoms with Crippen LogP contribution < -0.4 is 0 Å². The lowest BCUT2D eigenvalue weighted by Gasteiger charge is -2.40. The molecule has 39 heavy (non-hydrogen) atoms. The molecule has 1 aliphatic carbocycles. The van der Waals surface area contributed by atoms with Gasteiger partial charge in [-0.05, 0) is 25.1 Å². The molecule has 2 N–H and O–H groups in total. The number of carbonyl (C=O) groups excluding carboxylic acids is 2. The Balaban J connectivity index is 0.000000289. The van der Waals surface area contributed by atoms with Gasteiger partial charge in [0.2, 0.25) is 0 Å². The molecule has 11 heteroatoms. The van der Waals surface area contributed by atoms with Gasteiger partial charge in [0.15, 0.2) is 0 Å². The van der Waals surface area contributed by atoms with Crippen molar-refractivity contribution in [3.63, 3.8) is 0 Å². The molecule has 4 rings (SSSR count). The molecule has 2 aromatic rings. The quantitative estimate of drug-likeness (QED) is 0.287.